The van der Waals surface area contributed by atoms with Crippen LogP contribution in [0.3, 0.4) is 0 Å². The summed E-state index contributed by atoms with van der Waals surface area (Å²) in [5.74, 6) is -0.192. The van der Waals surface area contributed by atoms with Crippen LogP contribution in [0.25, 0.3) is 0 Å². The minimum atomic E-state index is -4.80. The molecule has 0 unspecified atom stereocenters. The van der Waals surface area contributed by atoms with Crippen molar-refractivity contribution in [1.29, 1.82) is 0 Å². The van der Waals surface area contributed by atoms with E-state index >= 15 is 0 Å². The molecule has 0 atom stereocenters. The molecule has 0 aliphatic rings. The number of rotatable bonds is 2. The molecule has 0 nitrogen and oxygen atoms in total. The Bertz CT molecular complexity index is 414. The number of halogens is 6. The molecule has 6 heteroatoms. The zero-order valence-corrected chi connectivity index (χ0v) is 9.65. The van der Waals surface area contributed by atoms with E-state index in [-0.39, 0.29) is 17.5 Å². The van der Waals surface area contributed by atoms with E-state index in [1.54, 1.807) is 13.8 Å². The van der Waals surface area contributed by atoms with Crippen molar-refractivity contribution in [1.82, 2.24) is 0 Å². The predicted octanol–water partition coefficient (Wildman–Crippen LogP) is 4.93. The molecule has 0 aliphatic heterocycles. The van der Waals surface area contributed by atoms with Crippen molar-refractivity contribution in [3.63, 3.8) is 0 Å². The van der Waals surface area contributed by atoms with Gasteiger partial charge < -0.3 is 0 Å². The van der Waals surface area contributed by atoms with E-state index < -0.39 is 23.5 Å². The molecule has 101 valence electrons. The highest BCUT2D eigenvalue weighted by Crippen LogP contribution is 2.38. The lowest BCUT2D eigenvalue weighted by molar-refractivity contribution is -0.143. The number of alkyl halides is 6. The topological polar surface area (TPSA) is 0 Å². The van der Waals surface area contributed by atoms with Crippen molar-refractivity contribution in [2.75, 3.05) is 0 Å². The number of hydrogen-bond acceptors (Lipinski definition) is 0. The predicted molar refractivity (Wildman–Crippen MR) is 54.7 cm³/mol. The molecule has 0 aromatic heterocycles. The van der Waals surface area contributed by atoms with Gasteiger partial charge in [0.05, 0.1) is 11.1 Å². The van der Waals surface area contributed by atoms with Crippen LogP contribution in [0, 0.1) is 12.3 Å². The third-order valence-corrected chi connectivity index (χ3v) is 2.20. The Balaban J connectivity index is 3.30. The quantitative estimate of drug-likeness (QED) is 0.667. The van der Waals surface area contributed by atoms with Gasteiger partial charge in [-0.2, -0.15) is 26.3 Å². The standard InChI is InChI=1S/C12H11F6/c1-7(2)5-8-3-4-9(11(13,14)15)6-10(8)12(16,17)18/h3-7H,1-2H3. The van der Waals surface area contributed by atoms with E-state index in [4.69, 9.17) is 0 Å². The molecule has 0 amide bonds. The van der Waals surface area contributed by atoms with Gasteiger partial charge in [0.1, 0.15) is 0 Å². The Morgan fingerprint density at radius 2 is 1.50 bits per heavy atom. The number of hydrogen-bond donors (Lipinski definition) is 0. The molecule has 18 heavy (non-hydrogen) atoms. The van der Waals surface area contributed by atoms with E-state index in [1.807, 2.05) is 0 Å². The maximum absolute atomic E-state index is 12.7. The molecule has 1 radical (unpaired) electrons. The van der Waals surface area contributed by atoms with Crippen molar-refractivity contribution in [3.8, 4) is 0 Å². The molecule has 1 aromatic rings. The highest BCUT2D eigenvalue weighted by atomic mass is 19.4. The highest BCUT2D eigenvalue weighted by Gasteiger charge is 2.38. The van der Waals surface area contributed by atoms with E-state index in [1.165, 1.54) is 6.42 Å². The van der Waals surface area contributed by atoms with Gasteiger partial charge >= 0.3 is 12.4 Å². The van der Waals surface area contributed by atoms with Crippen LogP contribution in [-0.2, 0) is 12.4 Å². The minimum absolute atomic E-state index is 0.147. The van der Waals surface area contributed by atoms with Crippen LogP contribution in [0.4, 0.5) is 26.3 Å². The molecule has 0 N–H and O–H groups in total. The minimum Gasteiger partial charge on any atom is -0.166 e. The van der Waals surface area contributed by atoms with Crippen LogP contribution in [0.1, 0.15) is 30.5 Å². The van der Waals surface area contributed by atoms with Gasteiger partial charge in [0.25, 0.3) is 0 Å². The zero-order valence-electron chi connectivity index (χ0n) is 9.65. The van der Waals surface area contributed by atoms with Gasteiger partial charge in [-0.05, 0) is 30.0 Å². The fourth-order valence-corrected chi connectivity index (χ4v) is 1.48. The first-order chi connectivity index (χ1) is 8.01. The summed E-state index contributed by atoms with van der Waals surface area (Å²) in [6.45, 7) is 3.30. The smallest absolute Gasteiger partial charge is 0.166 e. The van der Waals surface area contributed by atoms with Gasteiger partial charge in [-0.25, -0.2) is 0 Å². The molecule has 0 heterocycles. The van der Waals surface area contributed by atoms with Gasteiger partial charge in [0, 0.05) is 0 Å². The van der Waals surface area contributed by atoms with E-state index in [0.717, 1.165) is 6.07 Å². The summed E-state index contributed by atoms with van der Waals surface area (Å²) in [7, 11) is 0. The Labute approximate surface area is 101 Å². The normalized spacial score (nSPS) is 13.2. The summed E-state index contributed by atoms with van der Waals surface area (Å²) >= 11 is 0. The lowest BCUT2D eigenvalue weighted by Crippen LogP contribution is -2.13. The highest BCUT2D eigenvalue weighted by molar-refractivity contribution is 5.39. The molecular formula is C12H11F6. The molecule has 0 fully saturated rings. The zero-order chi connectivity index (χ0) is 14.1. The molecule has 1 rings (SSSR count). The van der Waals surface area contributed by atoms with E-state index in [9.17, 15) is 26.3 Å². The molecule has 0 saturated heterocycles. The molecular weight excluding hydrogens is 258 g/mol. The summed E-state index contributed by atoms with van der Waals surface area (Å²) in [4.78, 5) is 0. The lowest BCUT2D eigenvalue weighted by atomic mass is 9.95. The third-order valence-electron chi connectivity index (χ3n) is 2.20. The Morgan fingerprint density at radius 3 is 1.89 bits per heavy atom. The van der Waals surface area contributed by atoms with Crippen LogP contribution < -0.4 is 0 Å². The fourth-order valence-electron chi connectivity index (χ4n) is 1.48. The second kappa shape index (κ2) is 4.82. The van der Waals surface area contributed by atoms with E-state index in [2.05, 4.69) is 0 Å². The first-order valence-electron chi connectivity index (χ1n) is 5.15. The summed E-state index contributed by atoms with van der Waals surface area (Å²) in [5, 5.41) is 0. The number of benzene rings is 1. The molecule has 0 bridgehead atoms. The largest absolute Gasteiger partial charge is 0.416 e. The first kappa shape index (κ1) is 14.9. The first-order valence-corrected chi connectivity index (χ1v) is 5.15. The molecule has 0 spiro atoms. The second-order valence-electron chi connectivity index (χ2n) is 4.21. The van der Waals surface area contributed by atoms with Crippen LogP contribution in [0.2, 0.25) is 0 Å². The second-order valence-corrected chi connectivity index (χ2v) is 4.21. The van der Waals surface area contributed by atoms with Gasteiger partial charge in [0.15, 0.2) is 0 Å². The van der Waals surface area contributed by atoms with Gasteiger partial charge in [0.2, 0.25) is 0 Å². The van der Waals surface area contributed by atoms with Crippen LogP contribution >= 0.6 is 0 Å². The summed E-state index contributed by atoms with van der Waals surface area (Å²) in [5.41, 5.74) is -2.78. The van der Waals surface area contributed by atoms with Gasteiger partial charge in [-0.15, -0.1) is 0 Å². The van der Waals surface area contributed by atoms with E-state index in [0.29, 0.717) is 6.07 Å². The third kappa shape index (κ3) is 3.65. The average Bonchev–Trinajstić information content (AvgIpc) is 2.13. The summed E-state index contributed by atoms with van der Waals surface area (Å²) < 4.78 is 75.2. The van der Waals surface area contributed by atoms with Gasteiger partial charge in [-0.1, -0.05) is 19.9 Å². The maximum atomic E-state index is 12.7. The van der Waals surface area contributed by atoms with Crippen molar-refractivity contribution < 1.29 is 26.3 Å². The van der Waals surface area contributed by atoms with Crippen LogP contribution in [0.15, 0.2) is 18.2 Å². The van der Waals surface area contributed by atoms with Crippen molar-refractivity contribution in [3.05, 3.63) is 41.3 Å². The van der Waals surface area contributed by atoms with Crippen LogP contribution in [0.5, 0.6) is 0 Å². The van der Waals surface area contributed by atoms with Crippen molar-refractivity contribution in [2.24, 2.45) is 5.92 Å². The molecule has 0 aliphatic carbocycles. The Kier molecular flexibility index (Phi) is 3.98. The van der Waals surface area contributed by atoms with Gasteiger partial charge in [-0.3, -0.25) is 0 Å². The maximum Gasteiger partial charge on any atom is 0.416 e. The van der Waals surface area contributed by atoms with Crippen molar-refractivity contribution in [2.45, 2.75) is 26.2 Å². The lowest BCUT2D eigenvalue weighted by Gasteiger charge is -2.16. The fraction of sp³-hybridized carbons (Fsp3) is 0.417. The average molecular weight is 269 g/mol. The molecule has 0 saturated carbocycles. The Hall–Kier alpha value is -1.20. The SMILES string of the molecule is CC(C)[CH]c1ccc(C(F)(F)F)cc1C(F)(F)F. The summed E-state index contributed by atoms with van der Waals surface area (Å²) in [6.07, 6.45) is -8.30. The molecule has 1 aromatic carbocycles. The van der Waals surface area contributed by atoms with Crippen LogP contribution in [-0.4, -0.2) is 0 Å². The monoisotopic (exact) mass is 269 g/mol. The summed E-state index contributed by atoms with van der Waals surface area (Å²) in [6, 6.07) is 1.66. The van der Waals surface area contributed by atoms with Crippen molar-refractivity contribution >= 4 is 0 Å². The Morgan fingerprint density at radius 1 is 0.944 bits per heavy atom.